The van der Waals surface area contributed by atoms with E-state index in [-0.39, 0.29) is 12.5 Å². The van der Waals surface area contributed by atoms with Gasteiger partial charge in [0.15, 0.2) is 6.61 Å². The van der Waals surface area contributed by atoms with E-state index in [0.717, 1.165) is 11.1 Å². The predicted octanol–water partition coefficient (Wildman–Crippen LogP) is 4.46. The minimum Gasteiger partial charge on any atom is -0.452 e. The Balaban J connectivity index is 1.60. The van der Waals surface area contributed by atoms with E-state index < -0.39 is 5.97 Å². The fourth-order valence-electron chi connectivity index (χ4n) is 2.18. The van der Waals surface area contributed by atoms with Crippen LogP contribution in [0.5, 0.6) is 0 Å². The third-order valence-electron chi connectivity index (χ3n) is 3.51. The number of esters is 1. The molecule has 0 aliphatic carbocycles. The van der Waals surface area contributed by atoms with E-state index in [2.05, 4.69) is 10.1 Å². The number of aryl methyl sites for hydroxylation is 1. The first-order chi connectivity index (χ1) is 12.1. The summed E-state index contributed by atoms with van der Waals surface area (Å²) in [5.41, 5.74) is 2.69. The summed E-state index contributed by atoms with van der Waals surface area (Å²) in [5.74, 6) is 0.0698. The standard InChI is InChI=1S/C19H15ClN2O3/c1-13-6-2-3-7-14(13)10-11-18(23)24-12-17-21-19(22-25-17)15-8-4-5-9-16(15)20/h2-11H,12H2,1H3/b11-10+. The molecule has 0 spiro atoms. The van der Waals surface area contributed by atoms with Gasteiger partial charge in [0.05, 0.1) is 5.02 Å². The van der Waals surface area contributed by atoms with Gasteiger partial charge in [-0.2, -0.15) is 4.98 Å². The third-order valence-corrected chi connectivity index (χ3v) is 3.84. The Morgan fingerprint density at radius 2 is 1.96 bits per heavy atom. The monoisotopic (exact) mass is 354 g/mol. The van der Waals surface area contributed by atoms with E-state index in [1.807, 2.05) is 43.3 Å². The predicted molar refractivity (Wildman–Crippen MR) is 94.8 cm³/mol. The second-order valence-corrected chi connectivity index (χ2v) is 5.70. The lowest BCUT2D eigenvalue weighted by molar-refractivity contribution is -0.139. The van der Waals surface area contributed by atoms with Gasteiger partial charge in [-0.05, 0) is 36.3 Å². The molecule has 25 heavy (non-hydrogen) atoms. The van der Waals surface area contributed by atoms with E-state index in [1.165, 1.54) is 6.08 Å². The van der Waals surface area contributed by atoms with Crippen molar-refractivity contribution in [1.82, 2.24) is 10.1 Å². The van der Waals surface area contributed by atoms with E-state index in [4.69, 9.17) is 20.9 Å². The summed E-state index contributed by atoms with van der Waals surface area (Å²) in [6.45, 7) is 1.87. The summed E-state index contributed by atoms with van der Waals surface area (Å²) in [6.07, 6.45) is 3.08. The number of carbonyl (C=O) groups excluding carboxylic acids is 1. The van der Waals surface area contributed by atoms with Crippen molar-refractivity contribution >= 4 is 23.6 Å². The number of rotatable bonds is 5. The van der Waals surface area contributed by atoms with Crippen LogP contribution < -0.4 is 0 Å². The Hall–Kier alpha value is -2.92. The van der Waals surface area contributed by atoms with Gasteiger partial charge in [-0.15, -0.1) is 0 Å². The lowest BCUT2D eigenvalue weighted by Crippen LogP contribution is -2.01. The lowest BCUT2D eigenvalue weighted by atomic mass is 10.1. The molecule has 0 aliphatic heterocycles. The second kappa shape index (κ2) is 7.77. The molecule has 0 unspecified atom stereocenters. The average molecular weight is 355 g/mol. The van der Waals surface area contributed by atoms with Crippen LogP contribution in [0.2, 0.25) is 5.02 Å². The molecule has 5 nitrogen and oxygen atoms in total. The maximum absolute atomic E-state index is 11.8. The normalized spacial score (nSPS) is 11.0. The van der Waals surface area contributed by atoms with Gasteiger partial charge in [0.1, 0.15) is 0 Å². The SMILES string of the molecule is Cc1ccccc1/C=C/C(=O)OCc1nc(-c2ccccc2Cl)no1. The molecule has 1 heterocycles. The number of carbonyl (C=O) groups is 1. The van der Waals surface area contributed by atoms with Gasteiger partial charge in [-0.25, -0.2) is 4.79 Å². The second-order valence-electron chi connectivity index (χ2n) is 5.29. The number of nitrogens with zero attached hydrogens (tertiary/aromatic N) is 2. The summed E-state index contributed by atoms with van der Waals surface area (Å²) >= 11 is 6.09. The van der Waals surface area contributed by atoms with E-state index in [0.29, 0.717) is 16.4 Å². The summed E-state index contributed by atoms with van der Waals surface area (Å²) in [7, 11) is 0. The van der Waals surface area contributed by atoms with Crippen molar-refractivity contribution in [2.75, 3.05) is 0 Å². The van der Waals surface area contributed by atoms with Gasteiger partial charge in [0, 0.05) is 11.6 Å². The highest BCUT2D eigenvalue weighted by Crippen LogP contribution is 2.24. The van der Waals surface area contributed by atoms with E-state index in [1.54, 1.807) is 18.2 Å². The van der Waals surface area contributed by atoms with Gasteiger partial charge in [0.2, 0.25) is 5.82 Å². The lowest BCUT2D eigenvalue weighted by Gasteiger charge is -1.99. The zero-order valence-corrected chi connectivity index (χ0v) is 14.2. The molecule has 0 atom stereocenters. The first-order valence-electron chi connectivity index (χ1n) is 7.61. The molecule has 0 amide bonds. The molecule has 0 radical (unpaired) electrons. The molecule has 0 saturated heterocycles. The van der Waals surface area contributed by atoms with Crippen LogP contribution in [0.1, 0.15) is 17.0 Å². The van der Waals surface area contributed by atoms with Crippen molar-refractivity contribution in [3.8, 4) is 11.4 Å². The first kappa shape index (κ1) is 16.9. The van der Waals surface area contributed by atoms with Crippen LogP contribution in [-0.4, -0.2) is 16.1 Å². The summed E-state index contributed by atoms with van der Waals surface area (Å²) < 4.78 is 10.2. The maximum Gasteiger partial charge on any atom is 0.331 e. The molecule has 0 N–H and O–H groups in total. The van der Waals surface area contributed by atoms with Gasteiger partial charge in [-0.1, -0.05) is 53.2 Å². The van der Waals surface area contributed by atoms with Crippen molar-refractivity contribution in [1.29, 1.82) is 0 Å². The average Bonchev–Trinajstić information content (AvgIpc) is 3.08. The zero-order chi connectivity index (χ0) is 17.6. The number of aromatic nitrogens is 2. The van der Waals surface area contributed by atoms with E-state index in [9.17, 15) is 4.79 Å². The van der Waals surface area contributed by atoms with Crippen LogP contribution in [0.15, 0.2) is 59.1 Å². The summed E-state index contributed by atoms with van der Waals surface area (Å²) in [6, 6.07) is 14.9. The number of hydrogen-bond acceptors (Lipinski definition) is 5. The van der Waals surface area contributed by atoms with Gasteiger partial charge in [0.25, 0.3) is 5.89 Å². The van der Waals surface area contributed by atoms with Crippen molar-refractivity contribution < 1.29 is 14.1 Å². The van der Waals surface area contributed by atoms with Crippen molar-refractivity contribution in [2.24, 2.45) is 0 Å². The number of ether oxygens (including phenoxy) is 1. The maximum atomic E-state index is 11.8. The van der Waals surface area contributed by atoms with Crippen molar-refractivity contribution in [3.63, 3.8) is 0 Å². The fourth-order valence-corrected chi connectivity index (χ4v) is 2.40. The Morgan fingerprint density at radius 1 is 1.20 bits per heavy atom. The zero-order valence-electron chi connectivity index (χ0n) is 13.5. The van der Waals surface area contributed by atoms with Crippen LogP contribution in [0, 0.1) is 6.92 Å². The van der Waals surface area contributed by atoms with Crippen LogP contribution in [0.25, 0.3) is 17.5 Å². The van der Waals surface area contributed by atoms with Crippen molar-refractivity contribution in [3.05, 3.63) is 76.6 Å². The molecule has 3 aromatic rings. The summed E-state index contributed by atoms with van der Waals surface area (Å²) in [4.78, 5) is 16.0. The first-order valence-corrected chi connectivity index (χ1v) is 7.99. The molecular formula is C19H15ClN2O3. The molecular weight excluding hydrogens is 340 g/mol. The van der Waals surface area contributed by atoms with Crippen LogP contribution >= 0.6 is 11.6 Å². The summed E-state index contributed by atoms with van der Waals surface area (Å²) in [5, 5.41) is 4.37. The minimum absolute atomic E-state index is 0.103. The molecule has 0 bridgehead atoms. The molecule has 0 fully saturated rings. The van der Waals surface area contributed by atoms with Gasteiger partial charge >= 0.3 is 5.97 Å². The van der Waals surface area contributed by atoms with Crippen LogP contribution in [0.3, 0.4) is 0 Å². The van der Waals surface area contributed by atoms with Crippen LogP contribution in [0.4, 0.5) is 0 Å². The third kappa shape index (κ3) is 4.33. The molecule has 1 aromatic heterocycles. The Morgan fingerprint density at radius 3 is 2.76 bits per heavy atom. The molecule has 3 rings (SSSR count). The molecule has 126 valence electrons. The molecule has 2 aromatic carbocycles. The highest BCUT2D eigenvalue weighted by molar-refractivity contribution is 6.33. The smallest absolute Gasteiger partial charge is 0.331 e. The minimum atomic E-state index is -0.485. The molecule has 0 aliphatic rings. The number of benzene rings is 2. The fraction of sp³-hybridized carbons (Fsp3) is 0.105. The molecule has 0 saturated carbocycles. The number of hydrogen-bond donors (Lipinski definition) is 0. The Kier molecular flexibility index (Phi) is 5.26. The highest BCUT2D eigenvalue weighted by Gasteiger charge is 2.12. The van der Waals surface area contributed by atoms with Crippen molar-refractivity contribution in [2.45, 2.75) is 13.5 Å². The number of halogens is 1. The highest BCUT2D eigenvalue weighted by atomic mass is 35.5. The topological polar surface area (TPSA) is 65.2 Å². The van der Waals surface area contributed by atoms with Gasteiger partial charge < -0.3 is 9.26 Å². The van der Waals surface area contributed by atoms with Crippen LogP contribution in [-0.2, 0) is 16.1 Å². The van der Waals surface area contributed by atoms with Gasteiger partial charge in [-0.3, -0.25) is 0 Å². The Labute approximate surface area is 149 Å². The Bertz CT molecular complexity index is 918. The quantitative estimate of drug-likeness (QED) is 0.500. The van der Waals surface area contributed by atoms with E-state index >= 15 is 0 Å². The molecule has 6 heteroatoms. The largest absolute Gasteiger partial charge is 0.452 e.